The molecule has 1 aromatic rings. The standard InChI is InChI=1S/C10H16O4S/c1-8(2)4-3-5-9-6-7-10(14-9)15(11,12)13/h6-8H,3-5H2,1-2H3,(H,11,12,13)/p-1. The predicted octanol–water partition coefficient (Wildman–Crippen LogP) is 2.16. The highest BCUT2D eigenvalue weighted by atomic mass is 32.2. The van der Waals surface area contributed by atoms with Crippen LogP contribution in [-0.2, 0) is 16.5 Å². The van der Waals surface area contributed by atoms with Gasteiger partial charge in [0.1, 0.15) is 5.76 Å². The summed E-state index contributed by atoms with van der Waals surface area (Å²) in [7, 11) is -4.44. The van der Waals surface area contributed by atoms with Crippen molar-refractivity contribution in [2.75, 3.05) is 0 Å². The fourth-order valence-corrected chi connectivity index (χ4v) is 1.76. The third-order valence-electron chi connectivity index (χ3n) is 2.09. The van der Waals surface area contributed by atoms with Gasteiger partial charge in [-0.05, 0) is 24.5 Å². The van der Waals surface area contributed by atoms with Gasteiger partial charge < -0.3 is 8.97 Å². The monoisotopic (exact) mass is 231 g/mol. The van der Waals surface area contributed by atoms with E-state index in [4.69, 9.17) is 4.42 Å². The summed E-state index contributed by atoms with van der Waals surface area (Å²) in [5, 5.41) is -0.484. The maximum Gasteiger partial charge on any atom is 0.205 e. The molecule has 0 aliphatic rings. The smallest absolute Gasteiger partial charge is 0.205 e. The van der Waals surface area contributed by atoms with Crippen molar-refractivity contribution >= 4 is 10.1 Å². The lowest BCUT2D eigenvalue weighted by Crippen LogP contribution is -1.95. The maximum atomic E-state index is 10.6. The topological polar surface area (TPSA) is 70.3 Å². The van der Waals surface area contributed by atoms with Crippen LogP contribution in [0.15, 0.2) is 21.6 Å². The van der Waals surface area contributed by atoms with Crippen molar-refractivity contribution in [3.63, 3.8) is 0 Å². The van der Waals surface area contributed by atoms with Gasteiger partial charge in [0.05, 0.1) is 0 Å². The lowest BCUT2D eigenvalue weighted by molar-refractivity contribution is 0.373. The van der Waals surface area contributed by atoms with Crippen molar-refractivity contribution in [2.45, 2.75) is 38.2 Å². The van der Waals surface area contributed by atoms with E-state index in [0.29, 0.717) is 18.1 Å². The van der Waals surface area contributed by atoms with E-state index in [1.165, 1.54) is 6.07 Å². The summed E-state index contributed by atoms with van der Waals surface area (Å²) in [6.45, 7) is 4.24. The van der Waals surface area contributed by atoms with Gasteiger partial charge in [-0.3, -0.25) is 0 Å². The molecule has 0 bridgehead atoms. The quantitative estimate of drug-likeness (QED) is 0.728. The second kappa shape index (κ2) is 4.81. The molecule has 0 unspecified atom stereocenters. The van der Waals surface area contributed by atoms with E-state index in [0.717, 1.165) is 12.8 Å². The van der Waals surface area contributed by atoms with E-state index in [-0.39, 0.29) is 0 Å². The summed E-state index contributed by atoms with van der Waals surface area (Å²) in [6, 6.07) is 2.76. The van der Waals surface area contributed by atoms with Crippen LogP contribution in [0.25, 0.3) is 0 Å². The van der Waals surface area contributed by atoms with Crippen molar-refractivity contribution in [3.8, 4) is 0 Å². The van der Waals surface area contributed by atoms with Crippen LogP contribution in [-0.4, -0.2) is 13.0 Å². The van der Waals surface area contributed by atoms with Gasteiger partial charge in [-0.15, -0.1) is 0 Å². The van der Waals surface area contributed by atoms with Crippen LogP contribution in [0, 0.1) is 5.92 Å². The SMILES string of the molecule is CC(C)CCCc1ccc(S(=O)(=O)[O-])o1. The first-order chi connectivity index (χ1) is 6.89. The fourth-order valence-electron chi connectivity index (χ4n) is 1.31. The van der Waals surface area contributed by atoms with Crippen molar-refractivity contribution < 1.29 is 17.4 Å². The average molecular weight is 231 g/mol. The maximum absolute atomic E-state index is 10.6. The molecule has 0 radical (unpaired) electrons. The van der Waals surface area contributed by atoms with Crippen molar-refractivity contribution in [2.24, 2.45) is 5.92 Å². The molecule has 1 heterocycles. The molecule has 1 aromatic heterocycles. The fraction of sp³-hybridized carbons (Fsp3) is 0.600. The minimum Gasteiger partial charge on any atom is -0.742 e. The highest BCUT2D eigenvalue weighted by molar-refractivity contribution is 7.85. The molecule has 0 amide bonds. The lowest BCUT2D eigenvalue weighted by Gasteiger charge is -2.03. The van der Waals surface area contributed by atoms with Gasteiger partial charge in [0.15, 0.2) is 10.1 Å². The van der Waals surface area contributed by atoms with E-state index < -0.39 is 15.2 Å². The molecule has 5 heteroatoms. The van der Waals surface area contributed by atoms with Crippen molar-refractivity contribution in [3.05, 3.63) is 17.9 Å². The van der Waals surface area contributed by atoms with Gasteiger partial charge in [0.25, 0.3) is 0 Å². The van der Waals surface area contributed by atoms with Gasteiger partial charge >= 0.3 is 0 Å². The van der Waals surface area contributed by atoms with Crippen molar-refractivity contribution in [1.82, 2.24) is 0 Å². The second-order valence-corrected chi connectivity index (χ2v) is 5.27. The summed E-state index contributed by atoms with van der Waals surface area (Å²) in [5.41, 5.74) is 0. The predicted molar refractivity (Wildman–Crippen MR) is 54.4 cm³/mol. The molecule has 0 aromatic carbocycles. The highest BCUT2D eigenvalue weighted by Crippen LogP contribution is 2.16. The molecule has 0 fully saturated rings. The molecule has 0 N–H and O–H groups in total. The molecule has 0 spiro atoms. The Morgan fingerprint density at radius 3 is 2.53 bits per heavy atom. The average Bonchev–Trinajstić information content (AvgIpc) is 2.51. The lowest BCUT2D eigenvalue weighted by atomic mass is 10.1. The largest absolute Gasteiger partial charge is 0.742 e. The minimum absolute atomic E-state index is 0.484. The van der Waals surface area contributed by atoms with E-state index in [1.807, 2.05) is 0 Å². The molecule has 0 saturated carbocycles. The Labute approximate surface area is 90.0 Å². The van der Waals surface area contributed by atoms with Crippen LogP contribution in [0.1, 0.15) is 32.4 Å². The van der Waals surface area contributed by atoms with Crippen LogP contribution in [0.3, 0.4) is 0 Å². The normalized spacial score (nSPS) is 12.3. The first kappa shape index (κ1) is 12.3. The van der Waals surface area contributed by atoms with E-state index in [1.54, 1.807) is 6.07 Å². The van der Waals surface area contributed by atoms with Crippen LogP contribution in [0.5, 0.6) is 0 Å². The zero-order valence-electron chi connectivity index (χ0n) is 8.89. The summed E-state index contributed by atoms with van der Waals surface area (Å²) >= 11 is 0. The Hall–Kier alpha value is -0.810. The third kappa shape index (κ3) is 4.05. The summed E-state index contributed by atoms with van der Waals surface area (Å²) < 4.78 is 36.7. The Morgan fingerprint density at radius 1 is 1.40 bits per heavy atom. The molecule has 0 atom stereocenters. The molecular weight excluding hydrogens is 216 g/mol. The van der Waals surface area contributed by atoms with Crippen LogP contribution in [0.4, 0.5) is 0 Å². The molecule has 15 heavy (non-hydrogen) atoms. The number of rotatable bonds is 5. The Morgan fingerprint density at radius 2 is 2.07 bits per heavy atom. The molecule has 4 nitrogen and oxygen atoms in total. The van der Waals surface area contributed by atoms with E-state index in [2.05, 4.69) is 13.8 Å². The Kier molecular flexibility index (Phi) is 3.93. The molecule has 86 valence electrons. The van der Waals surface area contributed by atoms with Gasteiger partial charge in [0, 0.05) is 6.42 Å². The van der Waals surface area contributed by atoms with Gasteiger partial charge in [0.2, 0.25) is 5.09 Å². The zero-order valence-corrected chi connectivity index (χ0v) is 9.71. The van der Waals surface area contributed by atoms with E-state index in [9.17, 15) is 13.0 Å². The summed E-state index contributed by atoms with van der Waals surface area (Å²) in [6.07, 6.45) is 2.66. The van der Waals surface area contributed by atoms with Crippen LogP contribution >= 0.6 is 0 Å². The molecule has 0 saturated heterocycles. The van der Waals surface area contributed by atoms with Crippen LogP contribution in [0.2, 0.25) is 0 Å². The summed E-state index contributed by atoms with van der Waals surface area (Å²) in [5.74, 6) is 1.17. The molecule has 1 rings (SSSR count). The van der Waals surface area contributed by atoms with Crippen molar-refractivity contribution in [1.29, 1.82) is 0 Å². The molecule has 0 aliphatic carbocycles. The van der Waals surface area contributed by atoms with Gasteiger partial charge in [-0.2, -0.15) is 0 Å². The number of aryl methyl sites for hydroxylation is 1. The summed E-state index contributed by atoms with van der Waals surface area (Å²) in [4.78, 5) is 0. The first-order valence-electron chi connectivity index (χ1n) is 4.94. The first-order valence-corrected chi connectivity index (χ1v) is 6.35. The number of hydrogen-bond acceptors (Lipinski definition) is 4. The Bertz CT molecular complexity index is 403. The second-order valence-electron chi connectivity index (χ2n) is 3.96. The van der Waals surface area contributed by atoms with E-state index >= 15 is 0 Å². The van der Waals surface area contributed by atoms with Gasteiger partial charge in [-0.25, -0.2) is 8.42 Å². The zero-order chi connectivity index (χ0) is 11.5. The Balaban J connectivity index is 2.54. The number of furan rings is 1. The van der Waals surface area contributed by atoms with Crippen LogP contribution < -0.4 is 0 Å². The number of hydrogen-bond donors (Lipinski definition) is 0. The highest BCUT2D eigenvalue weighted by Gasteiger charge is 2.07. The third-order valence-corrected chi connectivity index (χ3v) is 2.80. The molecular formula is C10H15O4S-. The minimum atomic E-state index is -4.44. The molecule has 0 aliphatic heterocycles. The van der Waals surface area contributed by atoms with Gasteiger partial charge in [-0.1, -0.05) is 20.3 Å².